The first kappa shape index (κ1) is 26.7. The zero-order valence-electron chi connectivity index (χ0n) is 21.0. The van der Waals surface area contributed by atoms with E-state index in [2.05, 4.69) is 6.08 Å². The number of amides is 1. The maximum absolute atomic E-state index is 13.6. The third-order valence-corrected chi connectivity index (χ3v) is 8.68. The molecule has 1 amide bonds. The first-order valence-electron chi connectivity index (χ1n) is 12.1. The van der Waals surface area contributed by atoms with Crippen molar-refractivity contribution in [3.05, 3.63) is 29.8 Å². The van der Waals surface area contributed by atoms with E-state index < -0.39 is 22.2 Å². The minimum Gasteiger partial charge on any atom is -0.487 e. The van der Waals surface area contributed by atoms with Crippen LogP contribution in [0, 0.1) is 5.92 Å². The molecule has 0 spiro atoms. The number of benzene rings is 1. The molecule has 1 N–H and O–H groups in total. The molecule has 2 aliphatic rings. The summed E-state index contributed by atoms with van der Waals surface area (Å²) in [6, 6.07) is 4.73. The second-order valence-electron chi connectivity index (χ2n) is 9.89. The summed E-state index contributed by atoms with van der Waals surface area (Å²) in [4.78, 5) is 16.2. The van der Waals surface area contributed by atoms with Gasteiger partial charge in [0.05, 0.1) is 19.7 Å². The van der Waals surface area contributed by atoms with Crippen LogP contribution in [0.25, 0.3) is 5.57 Å². The van der Waals surface area contributed by atoms with E-state index in [1.807, 2.05) is 38.1 Å². The lowest BCUT2D eigenvalue weighted by Crippen LogP contribution is -2.50. The maximum Gasteiger partial charge on any atom is 0.247 e. The Bertz CT molecular complexity index is 1010. The van der Waals surface area contributed by atoms with Crippen LogP contribution in [0.3, 0.4) is 0 Å². The molecule has 8 nitrogen and oxygen atoms in total. The van der Waals surface area contributed by atoms with E-state index in [9.17, 15) is 18.3 Å². The Kier molecular flexibility index (Phi) is 8.78. The number of ether oxygens (including phenoxy) is 1. The highest BCUT2D eigenvalue weighted by atomic mass is 32.2. The fraction of sp³-hybridized carbons (Fsp3) is 0.640. The van der Waals surface area contributed by atoms with Gasteiger partial charge in [0.2, 0.25) is 15.9 Å². The second-order valence-corrected chi connectivity index (χ2v) is 11.7. The van der Waals surface area contributed by atoms with E-state index in [4.69, 9.17) is 4.74 Å². The number of nitrogens with zero attached hydrogens (tertiary/aromatic N) is 3. The first-order valence-corrected chi connectivity index (χ1v) is 13.5. The lowest BCUT2D eigenvalue weighted by molar-refractivity contribution is -0.132. The summed E-state index contributed by atoms with van der Waals surface area (Å²) in [5, 5.41) is 9.80. The van der Waals surface area contributed by atoms with Crippen LogP contribution in [0.15, 0.2) is 29.2 Å². The van der Waals surface area contributed by atoms with Gasteiger partial charge in [-0.3, -0.25) is 4.79 Å². The Labute approximate surface area is 204 Å². The van der Waals surface area contributed by atoms with E-state index in [0.29, 0.717) is 12.3 Å². The summed E-state index contributed by atoms with van der Waals surface area (Å²) in [5.74, 6) is 0.0746. The predicted octanol–water partition coefficient (Wildman–Crippen LogP) is 2.43. The van der Waals surface area contributed by atoms with E-state index >= 15 is 0 Å². The van der Waals surface area contributed by atoms with Gasteiger partial charge in [0, 0.05) is 25.6 Å². The number of aliphatic hydroxyl groups excluding tert-OH is 1. The number of hydrogen-bond donors (Lipinski definition) is 1. The second kappa shape index (κ2) is 11.2. The summed E-state index contributed by atoms with van der Waals surface area (Å²) >= 11 is 0. The first-order chi connectivity index (χ1) is 16.0. The monoisotopic (exact) mass is 493 g/mol. The Morgan fingerprint density at radius 3 is 2.62 bits per heavy atom. The predicted molar refractivity (Wildman–Crippen MR) is 133 cm³/mol. The largest absolute Gasteiger partial charge is 0.487 e. The van der Waals surface area contributed by atoms with E-state index in [1.54, 1.807) is 24.9 Å². The van der Waals surface area contributed by atoms with Gasteiger partial charge in [-0.25, -0.2) is 8.42 Å². The summed E-state index contributed by atoms with van der Waals surface area (Å²) in [7, 11) is 1.56. The average molecular weight is 494 g/mol. The van der Waals surface area contributed by atoms with Crippen molar-refractivity contribution < 1.29 is 23.1 Å². The highest BCUT2D eigenvalue weighted by molar-refractivity contribution is 7.89. The molecule has 1 aromatic rings. The number of hydrogen-bond acceptors (Lipinski definition) is 6. The zero-order chi connectivity index (χ0) is 25.0. The third kappa shape index (κ3) is 6.00. The van der Waals surface area contributed by atoms with Crippen LogP contribution >= 0.6 is 0 Å². The molecule has 0 bridgehead atoms. The number of carbonyl (C=O) groups excluding carboxylic acids is 1. The zero-order valence-corrected chi connectivity index (χ0v) is 21.8. The van der Waals surface area contributed by atoms with Gasteiger partial charge in [0.15, 0.2) is 0 Å². The number of carbonyl (C=O) groups is 1. The van der Waals surface area contributed by atoms with Crippen LogP contribution < -0.4 is 4.74 Å². The van der Waals surface area contributed by atoms with Crippen molar-refractivity contribution in [1.29, 1.82) is 0 Å². The molecule has 190 valence electrons. The lowest BCUT2D eigenvalue weighted by atomic mass is 9.93. The van der Waals surface area contributed by atoms with Gasteiger partial charge < -0.3 is 19.6 Å². The van der Waals surface area contributed by atoms with Crippen molar-refractivity contribution in [3.8, 4) is 5.75 Å². The average Bonchev–Trinajstić information content (AvgIpc) is 2.80. The van der Waals surface area contributed by atoms with E-state index in [-0.39, 0.29) is 36.4 Å². The molecular weight excluding hydrogens is 454 g/mol. The number of allylic oxidation sites excluding steroid dienone is 2. The molecular formula is C25H39N3O5S. The SMILES string of the molecule is C[C@H](CO)N1C[C@H](C)[C@H](CN(C)C(=O)CN(C)C)Oc2cc(C3=CCCCC3)ccc2S1(=O)=O. The smallest absolute Gasteiger partial charge is 0.247 e. The van der Waals surface area contributed by atoms with Gasteiger partial charge in [0.1, 0.15) is 16.7 Å². The third-order valence-electron chi connectivity index (χ3n) is 6.66. The number of rotatable bonds is 7. The van der Waals surface area contributed by atoms with Crippen molar-refractivity contribution in [2.45, 2.75) is 56.6 Å². The van der Waals surface area contributed by atoms with Gasteiger partial charge in [-0.05, 0) is 70.0 Å². The van der Waals surface area contributed by atoms with Gasteiger partial charge in [-0.15, -0.1) is 0 Å². The molecule has 0 radical (unpaired) electrons. The summed E-state index contributed by atoms with van der Waals surface area (Å²) in [6.45, 7) is 4.17. The molecule has 1 aliphatic heterocycles. The molecule has 0 unspecified atom stereocenters. The van der Waals surface area contributed by atoms with Crippen LogP contribution in [0.1, 0.15) is 45.1 Å². The van der Waals surface area contributed by atoms with Gasteiger partial charge in [0.25, 0.3) is 0 Å². The van der Waals surface area contributed by atoms with Crippen molar-refractivity contribution in [3.63, 3.8) is 0 Å². The number of aliphatic hydroxyl groups is 1. The van der Waals surface area contributed by atoms with Crippen molar-refractivity contribution in [2.24, 2.45) is 5.92 Å². The lowest BCUT2D eigenvalue weighted by Gasteiger charge is -2.37. The molecule has 1 aliphatic carbocycles. The van der Waals surface area contributed by atoms with Crippen molar-refractivity contribution in [2.75, 3.05) is 47.4 Å². The van der Waals surface area contributed by atoms with Crippen LogP contribution in [0.2, 0.25) is 0 Å². The Hall–Kier alpha value is -1.94. The Balaban J connectivity index is 2.03. The number of fused-ring (bicyclic) bond motifs is 1. The highest BCUT2D eigenvalue weighted by Gasteiger charge is 2.38. The van der Waals surface area contributed by atoms with E-state index in [0.717, 1.165) is 24.8 Å². The molecule has 9 heteroatoms. The van der Waals surface area contributed by atoms with Crippen molar-refractivity contribution in [1.82, 2.24) is 14.1 Å². The summed E-state index contributed by atoms with van der Waals surface area (Å²) < 4.78 is 35.0. The molecule has 0 saturated carbocycles. The molecule has 3 rings (SSSR count). The van der Waals surface area contributed by atoms with Gasteiger partial charge >= 0.3 is 0 Å². The number of likely N-dealkylation sites (N-methyl/N-ethyl adjacent to an activating group) is 2. The van der Waals surface area contributed by atoms with Gasteiger partial charge in [-0.2, -0.15) is 4.31 Å². The Morgan fingerprint density at radius 2 is 2.00 bits per heavy atom. The maximum atomic E-state index is 13.6. The van der Waals surface area contributed by atoms with Crippen LogP contribution in [-0.4, -0.2) is 93.1 Å². The van der Waals surface area contributed by atoms with Crippen LogP contribution in [0.5, 0.6) is 5.75 Å². The molecule has 0 fully saturated rings. The topological polar surface area (TPSA) is 90.4 Å². The summed E-state index contributed by atoms with van der Waals surface area (Å²) in [6.07, 6.45) is 6.07. The number of sulfonamides is 1. The normalized spacial score (nSPS) is 23.8. The minimum absolute atomic E-state index is 0.0302. The fourth-order valence-corrected chi connectivity index (χ4v) is 6.33. The molecule has 3 atom stereocenters. The van der Waals surface area contributed by atoms with Gasteiger partial charge in [-0.1, -0.05) is 19.1 Å². The van der Waals surface area contributed by atoms with Crippen LogP contribution in [0.4, 0.5) is 0 Å². The quantitative estimate of drug-likeness (QED) is 0.628. The molecule has 1 heterocycles. The van der Waals surface area contributed by atoms with Crippen LogP contribution in [-0.2, 0) is 14.8 Å². The van der Waals surface area contributed by atoms with Crippen molar-refractivity contribution >= 4 is 21.5 Å². The fourth-order valence-electron chi connectivity index (χ4n) is 4.51. The highest BCUT2D eigenvalue weighted by Crippen LogP contribution is 2.37. The standard InChI is InChI=1S/C25H39N3O5S/c1-18-14-28(19(2)17-29)34(31,32)24-12-11-21(20-9-7-6-8-10-20)13-22(24)33-23(18)15-27(5)25(30)16-26(3)4/h9,11-13,18-19,23,29H,6-8,10,14-17H2,1-5H3/t18-,19+,23-/m0/s1. The molecule has 34 heavy (non-hydrogen) atoms. The Morgan fingerprint density at radius 1 is 1.26 bits per heavy atom. The summed E-state index contributed by atoms with van der Waals surface area (Å²) in [5.41, 5.74) is 2.18. The molecule has 0 saturated heterocycles. The minimum atomic E-state index is -3.88. The molecule has 0 aromatic heterocycles. The van der Waals surface area contributed by atoms with E-state index in [1.165, 1.54) is 16.3 Å². The molecule has 1 aromatic carbocycles.